The molecule has 0 aliphatic rings. The summed E-state index contributed by atoms with van der Waals surface area (Å²) < 4.78 is 18.4. The van der Waals surface area contributed by atoms with Crippen LogP contribution in [0, 0.1) is 5.82 Å². The van der Waals surface area contributed by atoms with Gasteiger partial charge in [0.1, 0.15) is 5.82 Å². The second kappa shape index (κ2) is 6.39. The fourth-order valence-corrected chi connectivity index (χ4v) is 2.14. The lowest BCUT2D eigenvalue weighted by Crippen LogP contribution is -2.26. The van der Waals surface area contributed by atoms with Crippen LogP contribution in [0.2, 0.25) is 0 Å². The Morgan fingerprint density at radius 2 is 1.96 bits per heavy atom. The standard InChI is InChI=1S/C17H14FN3O2/c1-21(17(22)13-8-5-9-14(18)10-13)11-15-19-16(20-23-15)12-6-3-2-4-7-12/h2-10H,11H2,1H3. The highest BCUT2D eigenvalue weighted by atomic mass is 19.1. The maximum Gasteiger partial charge on any atom is 0.254 e. The molecule has 0 radical (unpaired) electrons. The summed E-state index contributed by atoms with van der Waals surface area (Å²) in [7, 11) is 1.60. The molecular weight excluding hydrogens is 297 g/mol. The normalized spacial score (nSPS) is 10.5. The summed E-state index contributed by atoms with van der Waals surface area (Å²) in [5.41, 5.74) is 1.11. The molecule has 0 aliphatic heterocycles. The maximum absolute atomic E-state index is 13.2. The van der Waals surface area contributed by atoms with Crippen molar-refractivity contribution in [1.82, 2.24) is 15.0 Å². The predicted molar refractivity (Wildman–Crippen MR) is 81.9 cm³/mol. The number of amides is 1. The first-order valence-electron chi connectivity index (χ1n) is 7.02. The number of carbonyl (C=O) groups is 1. The Morgan fingerprint density at radius 3 is 2.70 bits per heavy atom. The molecule has 0 saturated heterocycles. The molecule has 116 valence electrons. The topological polar surface area (TPSA) is 59.2 Å². The molecule has 0 spiro atoms. The third kappa shape index (κ3) is 3.42. The van der Waals surface area contributed by atoms with Crippen LogP contribution >= 0.6 is 0 Å². The van der Waals surface area contributed by atoms with Gasteiger partial charge in [-0.1, -0.05) is 41.6 Å². The number of rotatable bonds is 4. The highest BCUT2D eigenvalue weighted by Gasteiger charge is 2.16. The van der Waals surface area contributed by atoms with E-state index in [-0.39, 0.29) is 18.0 Å². The Hall–Kier alpha value is -3.02. The van der Waals surface area contributed by atoms with Crippen LogP contribution in [0.4, 0.5) is 4.39 Å². The molecule has 2 aromatic carbocycles. The highest BCUT2D eigenvalue weighted by Crippen LogP contribution is 2.16. The van der Waals surface area contributed by atoms with Gasteiger partial charge < -0.3 is 9.42 Å². The summed E-state index contributed by atoms with van der Waals surface area (Å²) >= 11 is 0. The lowest BCUT2D eigenvalue weighted by Gasteiger charge is -2.14. The maximum atomic E-state index is 13.2. The van der Waals surface area contributed by atoms with Gasteiger partial charge in [-0.2, -0.15) is 4.98 Å². The molecule has 3 aromatic rings. The van der Waals surface area contributed by atoms with Crippen LogP contribution < -0.4 is 0 Å². The molecule has 0 bridgehead atoms. The third-order valence-corrected chi connectivity index (χ3v) is 3.29. The second-order valence-electron chi connectivity index (χ2n) is 5.05. The van der Waals surface area contributed by atoms with Crippen LogP contribution in [0.5, 0.6) is 0 Å². The summed E-state index contributed by atoms with van der Waals surface area (Å²) in [6, 6.07) is 14.9. The van der Waals surface area contributed by atoms with Gasteiger partial charge in [0.15, 0.2) is 0 Å². The fourth-order valence-electron chi connectivity index (χ4n) is 2.14. The van der Waals surface area contributed by atoms with Gasteiger partial charge >= 0.3 is 0 Å². The van der Waals surface area contributed by atoms with Crippen LogP contribution in [0.15, 0.2) is 59.1 Å². The lowest BCUT2D eigenvalue weighted by molar-refractivity contribution is 0.0769. The first-order valence-corrected chi connectivity index (χ1v) is 7.02. The molecule has 0 saturated carbocycles. The Labute approximate surface area is 132 Å². The van der Waals surface area contributed by atoms with E-state index in [0.717, 1.165) is 5.56 Å². The van der Waals surface area contributed by atoms with Gasteiger partial charge in [0.05, 0.1) is 6.54 Å². The molecule has 1 amide bonds. The molecule has 0 aliphatic carbocycles. The summed E-state index contributed by atoms with van der Waals surface area (Å²) in [5.74, 6) is 0.0145. The zero-order valence-electron chi connectivity index (χ0n) is 12.4. The smallest absolute Gasteiger partial charge is 0.254 e. The first-order chi connectivity index (χ1) is 11.1. The van der Waals surface area contributed by atoms with Crippen molar-refractivity contribution in [3.63, 3.8) is 0 Å². The SMILES string of the molecule is CN(Cc1nc(-c2ccccc2)no1)C(=O)c1cccc(F)c1. The van der Waals surface area contributed by atoms with Crippen molar-refractivity contribution >= 4 is 5.91 Å². The minimum absolute atomic E-state index is 0.148. The Bertz CT molecular complexity index is 817. The van der Waals surface area contributed by atoms with Crippen LogP contribution in [0.3, 0.4) is 0 Å². The van der Waals surface area contributed by atoms with Gasteiger partial charge in [-0.15, -0.1) is 0 Å². The Kier molecular flexibility index (Phi) is 4.14. The average Bonchev–Trinajstić information content (AvgIpc) is 3.03. The van der Waals surface area contributed by atoms with Gasteiger partial charge in [0.25, 0.3) is 5.91 Å². The van der Waals surface area contributed by atoms with Crippen LogP contribution in [0.1, 0.15) is 16.2 Å². The van der Waals surface area contributed by atoms with Crippen molar-refractivity contribution in [2.24, 2.45) is 0 Å². The molecule has 3 rings (SSSR count). The zero-order chi connectivity index (χ0) is 16.2. The highest BCUT2D eigenvalue weighted by molar-refractivity contribution is 5.93. The fraction of sp³-hybridized carbons (Fsp3) is 0.118. The molecule has 0 N–H and O–H groups in total. The van der Waals surface area contributed by atoms with Crippen LogP contribution in [0.25, 0.3) is 11.4 Å². The molecule has 23 heavy (non-hydrogen) atoms. The summed E-state index contributed by atoms with van der Waals surface area (Å²) in [6.07, 6.45) is 0. The van der Waals surface area contributed by atoms with Crippen molar-refractivity contribution in [2.75, 3.05) is 7.05 Å². The van der Waals surface area contributed by atoms with Crippen LogP contribution in [-0.4, -0.2) is 28.0 Å². The van der Waals surface area contributed by atoms with E-state index in [9.17, 15) is 9.18 Å². The molecule has 0 fully saturated rings. The minimum Gasteiger partial charge on any atom is -0.337 e. The average molecular weight is 311 g/mol. The Balaban J connectivity index is 1.72. The van der Waals surface area contributed by atoms with Crippen molar-refractivity contribution in [2.45, 2.75) is 6.54 Å². The van der Waals surface area contributed by atoms with E-state index in [0.29, 0.717) is 11.7 Å². The summed E-state index contributed by atoms with van der Waals surface area (Å²) in [6.45, 7) is 0.148. The van der Waals surface area contributed by atoms with E-state index in [2.05, 4.69) is 10.1 Å². The van der Waals surface area contributed by atoms with Gasteiger partial charge in [-0.05, 0) is 18.2 Å². The van der Waals surface area contributed by atoms with Crippen molar-refractivity contribution in [3.8, 4) is 11.4 Å². The van der Waals surface area contributed by atoms with E-state index >= 15 is 0 Å². The van der Waals surface area contributed by atoms with Gasteiger partial charge in [0.2, 0.25) is 11.7 Å². The summed E-state index contributed by atoms with van der Waals surface area (Å²) in [5, 5.41) is 3.90. The van der Waals surface area contributed by atoms with Crippen molar-refractivity contribution in [3.05, 3.63) is 71.9 Å². The van der Waals surface area contributed by atoms with Crippen LogP contribution in [-0.2, 0) is 6.54 Å². The number of nitrogens with zero attached hydrogens (tertiary/aromatic N) is 3. The third-order valence-electron chi connectivity index (χ3n) is 3.29. The second-order valence-corrected chi connectivity index (χ2v) is 5.05. The predicted octanol–water partition coefficient (Wildman–Crippen LogP) is 3.15. The zero-order valence-corrected chi connectivity index (χ0v) is 12.4. The largest absolute Gasteiger partial charge is 0.337 e. The van der Waals surface area contributed by atoms with Gasteiger partial charge in [-0.3, -0.25) is 4.79 Å². The van der Waals surface area contributed by atoms with E-state index in [1.807, 2.05) is 30.3 Å². The Morgan fingerprint density at radius 1 is 1.17 bits per heavy atom. The van der Waals surface area contributed by atoms with E-state index in [1.54, 1.807) is 13.1 Å². The van der Waals surface area contributed by atoms with E-state index in [1.165, 1.54) is 23.1 Å². The number of hydrogen-bond acceptors (Lipinski definition) is 4. The number of carbonyl (C=O) groups excluding carboxylic acids is 1. The van der Waals surface area contributed by atoms with E-state index in [4.69, 9.17) is 4.52 Å². The molecular formula is C17H14FN3O2. The number of hydrogen-bond donors (Lipinski definition) is 0. The number of aromatic nitrogens is 2. The van der Waals surface area contributed by atoms with Gasteiger partial charge in [0, 0.05) is 18.2 Å². The minimum atomic E-state index is -0.451. The lowest BCUT2D eigenvalue weighted by atomic mass is 10.2. The molecule has 1 heterocycles. The number of benzene rings is 2. The number of halogens is 1. The van der Waals surface area contributed by atoms with E-state index < -0.39 is 5.82 Å². The van der Waals surface area contributed by atoms with Gasteiger partial charge in [-0.25, -0.2) is 4.39 Å². The monoisotopic (exact) mass is 311 g/mol. The molecule has 0 unspecified atom stereocenters. The van der Waals surface area contributed by atoms with Crippen molar-refractivity contribution in [1.29, 1.82) is 0 Å². The first kappa shape index (κ1) is 14.9. The molecule has 1 aromatic heterocycles. The quantitative estimate of drug-likeness (QED) is 0.742. The molecule has 6 heteroatoms. The summed E-state index contributed by atoms with van der Waals surface area (Å²) in [4.78, 5) is 17.9. The van der Waals surface area contributed by atoms with Crippen molar-refractivity contribution < 1.29 is 13.7 Å². The molecule has 5 nitrogen and oxygen atoms in total. The molecule has 0 atom stereocenters.